The van der Waals surface area contributed by atoms with Gasteiger partial charge in [-0.2, -0.15) is 0 Å². The molecule has 3 heteroatoms. The molecule has 1 fully saturated rings. The van der Waals surface area contributed by atoms with E-state index in [1.54, 1.807) is 0 Å². The van der Waals surface area contributed by atoms with Crippen LogP contribution in [-0.4, -0.2) is 28.3 Å². The van der Waals surface area contributed by atoms with Crippen LogP contribution in [0.15, 0.2) is 0 Å². The van der Waals surface area contributed by atoms with Gasteiger partial charge in [-0.15, -0.1) is 0 Å². The summed E-state index contributed by atoms with van der Waals surface area (Å²) in [6, 6.07) is 0.375. The summed E-state index contributed by atoms with van der Waals surface area (Å²) >= 11 is 0. The minimum atomic E-state index is -0.652. The van der Waals surface area contributed by atoms with E-state index in [-0.39, 0.29) is 5.41 Å². The minimum absolute atomic E-state index is 0.195. The Morgan fingerprint density at radius 3 is 2.39 bits per heavy atom. The zero-order chi connectivity index (χ0) is 13.6. The van der Waals surface area contributed by atoms with Crippen LogP contribution in [0.25, 0.3) is 0 Å². The highest BCUT2D eigenvalue weighted by Crippen LogP contribution is 2.26. The Balaban J connectivity index is 2.40. The van der Waals surface area contributed by atoms with Crippen molar-refractivity contribution in [3.63, 3.8) is 0 Å². The van der Waals surface area contributed by atoms with Gasteiger partial charge in [0.05, 0.1) is 0 Å². The molecule has 0 amide bonds. The molecule has 0 bridgehead atoms. The molecule has 2 unspecified atom stereocenters. The van der Waals surface area contributed by atoms with Gasteiger partial charge >= 0.3 is 0 Å². The summed E-state index contributed by atoms with van der Waals surface area (Å²) in [6.07, 6.45) is 6.43. The molecule has 0 heterocycles. The third kappa shape index (κ3) is 5.83. The monoisotopic (exact) mass is 273 g/mol. The van der Waals surface area contributed by atoms with Crippen LogP contribution in [0.2, 0.25) is 0 Å². The predicted molar refractivity (Wildman–Crippen MR) is 81.4 cm³/mol. The molecule has 1 saturated carbocycles. The van der Waals surface area contributed by atoms with Gasteiger partial charge in [0.1, 0.15) is 0 Å². The van der Waals surface area contributed by atoms with Crippen molar-refractivity contribution in [3.05, 3.63) is 0 Å². The topological polar surface area (TPSA) is 29.1 Å². The number of nitrogens with one attached hydrogen (secondary N) is 1. The van der Waals surface area contributed by atoms with Crippen molar-refractivity contribution in [2.24, 2.45) is 11.3 Å². The van der Waals surface area contributed by atoms with Crippen molar-refractivity contribution in [1.29, 1.82) is 0 Å². The van der Waals surface area contributed by atoms with Crippen molar-refractivity contribution >= 4 is 10.8 Å². The maximum absolute atomic E-state index is 12.3. The molecule has 2 nitrogen and oxygen atoms in total. The van der Waals surface area contributed by atoms with E-state index in [1.165, 1.54) is 25.7 Å². The average molecular weight is 273 g/mol. The maximum atomic E-state index is 12.3. The van der Waals surface area contributed by atoms with E-state index in [0.717, 1.165) is 30.4 Å². The highest BCUT2D eigenvalue weighted by molar-refractivity contribution is 7.85. The summed E-state index contributed by atoms with van der Waals surface area (Å²) in [5.41, 5.74) is 0.195. The first-order valence-electron chi connectivity index (χ1n) is 7.52. The fraction of sp³-hybridized carbons (Fsp3) is 1.00. The van der Waals surface area contributed by atoms with Crippen LogP contribution < -0.4 is 5.32 Å². The summed E-state index contributed by atoms with van der Waals surface area (Å²) in [6.45, 7) is 9.94. The van der Waals surface area contributed by atoms with Crippen molar-refractivity contribution < 1.29 is 4.21 Å². The second-order valence-electron chi connectivity index (χ2n) is 6.80. The van der Waals surface area contributed by atoms with Crippen LogP contribution in [-0.2, 0) is 10.8 Å². The zero-order valence-electron chi connectivity index (χ0n) is 12.6. The largest absolute Gasteiger partial charge is 0.313 e. The zero-order valence-corrected chi connectivity index (χ0v) is 13.4. The molecule has 1 aliphatic rings. The number of rotatable bonds is 7. The molecule has 0 saturated heterocycles. The second-order valence-corrected chi connectivity index (χ2v) is 8.34. The quantitative estimate of drug-likeness (QED) is 0.771. The van der Waals surface area contributed by atoms with Crippen molar-refractivity contribution in [3.8, 4) is 0 Å². The van der Waals surface area contributed by atoms with Gasteiger partial charge in [0.25, 0.3) is 0 Å². The van der Waals surface area contributed by atoms with Gasteiger partial charge in [-0.25, -0.2) is 0 Å². The maximum Gasteiger partial charge on any atom is 0.0394 e. The summed E-state index contributed by atoms with van der Waals surface area (Å²) < 4.78 is 12.3. The molecule has 108 valence electrons. The predicted octanol–water partition coefficient (Wildman–Crippen LogP) is 3.34. The Kier molecular flexibility index (Phi) is 6.86. The number of hydrogen-bond acceptors (Lipinski definition) is 2. The second kappa shape index (κ2) is 7.64. The molecule has 1 N–H and O–H groups in total. The van der Waals surface area contributed by atoms with E-state index in [4.69, 9.17) is 0 Å². The molecule has 0 aromatic rings. The molecule has 0 aromatic carbocycles. The lowest BCUT2D eigenvalue weighted by Gasteiger charge is -2.31. The van der Waals surface area contributed by atoms with Crippen molar-refractivity contribution in [2.75, 3.05) is 18.1 Å². The van der Waals surface area contributed by atoms with Crippen LogP contribution in [0.4, 0.5) is 0 Å². The average Bonchev–Trinajstić information content (AvgIpc) is 2.75. The highest BCUT2D eigenvalue weighted by atomic mass is 32.2. The highest BCUT2D eigenvalue weighted by Gasteiger charge is 2.27. The Labute approximate surface area is 116 Å². The molecule has 0 radical (unpaired) electrons. The smallest absolute Gasteiger partial charge is 0.0394 e. The SMILES string of the molecule is CCCNC(CS(=O)CC1CCCC1)C(C)(C)C. The van der Waals surface area contributed by atoms with Crippen LogP contribution in [0.3, 0.4) is 0 Å². The van der Waals surface area contributed by atoms with Crippen molar-refractivity contribution in [2.45, 2.75) is 65.8 Å². The van der Waals surface area contributed by atoms with Gasteiger partial charge in [-0.05, 0) is 37.1 Å². The molecule has 1 aliphatic carbocycles. The van der Waals surface area contributed by atoms with Crippen molar-refractivity contribution in [1.82, 2.24) is 5.32 Å². The van der Waals surface area contributed by atoms with Gasteiger partial charge in [-0.3, -0.25) is 4.21 Å². The normalized spacial score (nSPS) is 21.1. The van der Waals surface area contributed by atoms with Gasteiger partial charge in [-0.1, -0.05) is 40.5 Å². The van der Waals surface area contributed by atoms with Gasteiger partial charge < -0.3 is 5.32 Å². The van der Waals surface area contributed by atoms with Gasteiger partial charge in [0.2, 0.25) is 0 Å². The molecular weight excluding hydrogens is 242 g/mol. The first kappa shape index (κ1) is 16.2. The lowest BCUT2D eigenvalue weighted by atomic mass is 9.88. The summed E-state index contributed by atoms with van der Waals surface area (Å²) in [7, 11) is -0.652. The summed E-state index contributed by atoms with van der Waals surface area (Å²) in [5, 5.41) is 3.57. The third-order valence-electron chi connectivity index (χ3n) is 3.94. The Morgan fingerprint density at radius 1 is 1.28 bits per heavy atom. The number of hydrogen-bond donors (Lipinski definition) is 1. The molecule has 1 rings (SSSR count). The minimum Gasteiger partial charge on any atom is -0.313 e. The summed E-state index contributed by atoms with van der Waals surface area (Å²) in [4.78, 5) is 0. The fourth-order valence-corrected chi connectivity index (χ4v) is 4.61. The summed E-state index contributed by atoms with van der Waals surface area (Å²) in [5.74, 6) is 2.48. The van der Waals surface area contributed by atoms with E-state index in [0.29, 0.717) is 6.04 Å². The standard InChI is InChI=1S/C15H31NOS/c1-5-10-16-14(15(2,3)4)12-18(17)11-13-8-6-7-9-13/h13-14,16H,5-12H2,1-4H3. The van der Waals surface area contributed by atoms with Gasteiger partial charge in [0, 0.05) is 28.3 Å². The first-order valence-corrected chi connectivity index (χ1v) is 9.00. The lowest BCUT2D eigenvalue weighted by Crippen LogP contribution is -2.45. The Morgan fingerprint density at radius 2 is 1.89 bits per heavy atom. The fourth-order valence-electron chi connectivity index (χ4n) is 2.63. The van der Waals surface area contributed by atoms with E-state index >= 15 is 0 Å². The van der Waals surface area contributed by atoms with E-state index in [2.05, 4.69) is 33.0 Å². The van der Waals surface area contributed by atoms with E-state index in [1.807, 2.05) is 0 Å². The van der Waals surface area contributed by atoms with Gasteiger partial charge in [0.15, 0.2) is 0 Å². The Hall–Kier alpha value is 0.110. The molecule has 0 aliphatic heterocycles. The lowest BCUT2D eigenvalue weighted by molar-refractivity contribution is 0.290. The molecule has 0 aromatic heterocycles. The Bertz CT molecular complexity index is 254. The molecular formula is C15H31NOS. The first-order chi connectivity index (χ1) is 8.43. The third-order valence-corrected chi connectivity index (χ3v) is 5.48. The molecule has 18 heavy (non-hydrogen) atoms. The van der Waals surface area contributed by atoms with Crippen LogP contribution in [0, 0.1) is 11.3 Å². The van der Waals surface area contributed by atoms with E-state index < -0.39 is 10.8 Å². The van der Waals surface area contributed by atoms with Crippen LogP contribution in [0.5, 0.6) is 0 Å². The molecule has 0 spiro atoms. The van der Waals surface area contributed by atoms with Crippen LogP contribution >= 0.6 is 0 Å². The van der Waals surface area contributed by atoms with Crippen LogP contribution in [0.1, 0.15) is 59.8 Å². The van der Waals surface area contributed by atoms with E-state index in [9.17, 15) is 4.21 Å². The molecule has 2 atom stereocenters.